The van der Waals surface area contributed by atoms with Crippen LogP contribution >= 0.6 is 15.9 Å². The topological polar surface area (TPSA) is 95.5 Å². The summed E-state index contributed by atoms with van der Waals surface area (Å²) in [7, 11) is 0. The largest absolute Gasteiger partial charge is 0.358 e. The van der Waals surface area contributed by atoms with Crippen molar-refractivity contribution in [1.82, 2.24) is 14.9 Å². The fraction of sp³-hybridized carbons (Fsp3) is 0.350. The molecule has 2 aromatic rings. The molecule has 9 heteroatoms. The first-order valence-corrected chi connectivity index (χ1v) is 10.4. The van der Waals surface area contributed by atoms with Gasteiger partial charge < -0.3 is 5.32 Å². The summed E-state index contributed by atoms with van der Waals surface area (Å²) in [5.74, 6) is 0.701. The van der Waals surface area contributed by atoms with E-state index in [1.165, 1.54) is 4.90 Å². The molecular formula is C20H20BrN5O3. The molecule has 3 heterocycles. The lowest BCUT2D eigenvalue weighted by atomic mass is 10.1. The van der Waals surface area contributed by atoms with Gasteiger partial charge in [0.15, 0.2) is 11.6 Å². The summed E-state index contributed by atoms with van der Waals surface area (Å²) in [6.07, 6.45) is 4.89. The molecule has 4 rings (SSSR count). The van der Waals surface area contributed by atoms with Crippen LogP contribution in [-0.4, -0.2) is 52.2 Å². The van der Waals surface area contributed by atoms with E-state index in [1.54, 1.807) is 35.4 Å². The fourth-order valence-corrected chi connectivity index (χ4v) is 3.88. The second-order valence-electron chi connectivity index (χ2n) is 6.99. The van der Waals surface area contributed by atoms with Crippen molar-refractivity contribution in [2.24, 2.45) is 0 Å². The molecule has 0 spiro atoms. The molecule has 150 valence electrons. The smallest absolute Gasteiger partial charge is 0.261 e. The van der Waals surface area contributed by atoms with E-state index in [2.05, 4.69) is 31.2 Å². The summed E-state index contributed by atoms with van der Waals surface area (Å²) >= 11 is 3.29. The van der Waals surface area contributed by atoms with Crippen LogP contribution in [0.4, 0.5) is 11.6 Å². The number of amides is 3. The summed E-state index contributed by atoms with van der Waals surface area (Å²) in [4.78, 5) is 48.6. The number of carbonyl (C=O) groups excluding carboxylic acids is 3. The third kappa shape index (κ3) is 3.87. The molecule has 0 fully saturated rings. The molecule has 0 aliphatic carbocycles. The molecule has 0 atom stereocenters. The number of nitrogens with zero attached hydrogens (tertiary/aromatic N) is 4. The van der Waals surface area contributed by atoms with E-state index in [4.69, 9.17) is 0 Å². The Labute approximate surface area is 176 Å². The Bertz CT molecular complexity index is 945. The van der Waals surface area contributed by atoms with E-state index < -0.39 is 0 Å². The molecule has 2 aliphatic heterocycles. The number of nitrogens with one attached hydrogen (secondary N) is 1. The third-order valence-electron chi connectivity index (χ3n) is 5.08. The molecular weight excluding hydrogens is 438 g/mol. The van der Waals surface area contributed by atoms with Crippen molar-refractivity contribution in [1.29, 1.82) is 0 Å². The number of fused-ring (bicyclic) bond motifs is 2. The highest BCUT2D eigenvalue weighted by Crippen LogP contribution is 2.27. The summed E-state index contributed by atoms with van der Waals surface area (Å²) < 4.78 is 0.582. The van der Waals surface area contributed by atoms with Crippen molar-refractivity contribution < 1.29 is 14.4 Å². The van der Waals surface area contributed by atoms with E-state index in [1.807, 2.05) is 0 Å². The fourth-order valence-electron chi connectivity index (χ4n) is 3.61. The zero-order valence-electron chi connectivity index (χ0n) is 15.7. The average Bonchev–Trinajstić information content (AvgIpc) is 2.97. The molecule has 0 bridgehead atoms. The number of aromatic nitrogens is 2. The molecule has 0 saturated carbocycles. The number of anilines is 2. The van der Waals surface area contributed by atoms with E-state index in [0.29, 0.717) is 40.5 Å². The first-order chi connectivity index (χ1) is 14.1. The van der Waals surface area contributed by atoms with Gasteiger partial charge in [-0.3, -0.25) is 24.2 Å². The van der Waals surface area contributed by atoms with Gasteiger partial charge in [0.2, 0.25) is 5.91 Å². The Morgan fingerprint density at radius 1 is 0.931 bits per heavy atom. The lowest BCUT2D eigenvalue weighted by Crippen LogP contribution is -2.41. The van der Waals surface area contributed by atoms with Gasteiger partial charge in [0, 0.05) is 13.1 Å². The second kappa shape index (κ2) is 8.28. The van der Waals surface area contributed by atoms with Crippen molar-refractivity contribution in [3.8, 4) is 0 Å². The van der Waals surface area contributed by atoms with E-state index in [-0.39, 0.29) is 24.3 Å². The van der Waals surface area contributed by atoms with Crippen LogP contribution in [0, 0.1) is 0 Å². The highest BCUT2D eigenvalue weighted by molar-refractivity contribution is 9.10. The number of carbonyl (C=O) groups is 3. The molecule has 1 aromatic carbocycles. The average molecular weight is 458 g/mol. The SMILES string of the molecule is O=C1c2ccccc2C(=O)N1CCCCCCN1C(=O)CNc2ncc(Br)nc21. The van der Waals surface area contributed by atoms with Crippen molar-refractivity contribution in [3.05, 3.63) is 46.2 Å². The molecule has 0 radical (unpaired) electrons. The van der Waals surface area contributed by atoms with Gasteiger partial charge in [0.25, 0.3) is 11.8 Å². The molecule has 2 aliphatic rings. The van der Waals surface area contributed by atoms with E-state index in [9.17, 15) is 14.4 Å². The molecule has 1 aromatic heterocycles. The standard InChI is InChI=1S/C20H20BrN5O3/c21-15-11-22-17-18(24-15)25(16(27)12-23-17)9-5-1-2-6-10-26-19(28)13-7-3-4-8-14(13)20(26)29/h3-4,7-8,11H,1-2,5-6,9-10,12H2,(H,22,23). The zero-order chi connectivity index (χ0) is 20.4. The minimum Gasteiger partial charge on any atom is -0.358 e. The van der Waals surface area contributed by atoms with Crippen LogP contribution in [0.25, 0.3) is 0 Å². The summed E-state index contributed by atoms with van der Waals surface area (Å²) in [5, 5.41) is 2.97. The normalized spacial score (nSPS) is 15.4. The zero-order valence-corrected chi connectivity index (χ0v) is 17.3. The maximum Gasteiger partial charge on any atom is 0.261 e. The number of unbranched alkanes of at least 4 members (excludes halogenated alkanes) is 3. The molecule has 3 amide bonds. The Morgan fingerprint density at radius 3 is 2.21 bits per heavy atom. The minimum absolute atomic E-state index is 0.0316. The maximum atomic E-state index is 12.4. The second-order valence-corrected chi connectivity index (χ2v) is 7.80. The maximum absolute atomic E-state index is 12.4. The molecule has 8 nitrogen and oxygen atoms in total. The highest BCUT2D eigenvalue weighted by Gasteiger charge is 2.34. The van der Waals surface area contributed by atoms with Gasteiger partial charge in [-0.25, -0.2) is 9.97 Å². The van der Waals surface area contributed by atoms with Crippen molar-refractivity contribution in [3.63, 3.8) is 0 Å². The van der Waals surface area contributed by atoms with Crippen LogP contribution < -0.4 is 10.2 Å². The van der Waals surface area contributed by atoms with Crippen molar-refractivity contribution >= 4 is 45.3 Å². The van der Waals surface area contributed by atoms with Crippen molar-refractivity contribution in [2.45, 2.75) is 25.7 Å². The predicted octanol–water partition coefficient (Wildman–Crippen LogP) is 2.85. The molecule has 0 saturated heterocycles. The number of hydrogen-bond acceptors (Lipinski definition) is 6. The van der Waals surface area contributed by atoms with Crippen molar-refractivity contribution in [2.75, 3.05) is 29.9 Å². The summed E-state index contributed by atoms with van der Waals surface area (Å²) in [6.45, 7) is 1.19. The van der Waals surface area contributed by atoms with E-state index >= 15 is 0 Å². The van der Waals surface area contributed by atoms with Gasteiger partial charge in [-0.2, -0.15) is 0 Å². The first-order valence-electron chi connectivity index (χ1n) is 9.58. The van der Waals surface area contributed by atoms with Gasteiger partial charge in [-0.1, -0.05) is 25.0 Å². The number of imide groups is 1. The van der Waals surface area contributed by atoms with E-state index in [0.717, 1.165) is 25.7 Å². The lowest BCUT2D eigenvalue weighted by Gasteiger charge is -2.28. The van der Waals surface area contributed by atoms with Crippen LogP contribution in [0.3, 0.4) is 0 Å². The Morgan fingerprint density at radius 2 is 1.55 bits per heavy atom. The molecule has 1 N–H and O–H groups in total. The van der Waals surface area contributed by atoms with Gasteiger partial charge in [0.1, 0.15) is 4.60 Å². The Balaban J connectivity index is 1.24. The quantitative estimate of drug-likeness (QED) is 0.507. The number of hydrogen-bond donors (Lipinski definition) is 1. The number of halogens is 1. The Hall–Kier alpha value is -2.81. The minimum atomic E-state index is -0.210. The first kappa shape index (κ1) is 19.5. The van der Waals surface area contributed by atoms with Crippen LogP contribution in [-0.2, 0) is 4.79 Å². The van der Waals surface area contributed by atoms with Gasteiger partial charge >= 0.3 is 0 Å². The van der Waals surface area contributed by atoms with Crippen LogP contribution in [0.15, 0.2) is 35.1 Å². The van der Waals surface area contributed by atoms with Crippen LogP contribution in [0.1, 0.15) is 46.4 Å². The number of benzene rings is 1. The summed E-state index contributed by atoms with van der Waals surface area (Å²) in [5.41, 5.74) is 0.973. The third-order valence-corrected chi connectivity index (χ3v) is 5.46. The predicted molar refractivity (Wildman–Crippen MR) is 111 cm³/mol. The summed E-state index contributed by atoms with van der Waals surface area (Å²) in [6, 6.07) is 6.93. The van der Waals surface area contributed by atoms with Crippen LogP contribution in [0.5, 0.6) is 0 Å². The van der Waals surface area contributed by atoms with Gasteiger partial charge in [-0.15, -0.1) is 0 Å². The highest BCUT2D eigenvalue weighted by atomic mass is 79.9. The van der Waals surface area contributed by atoms with Crippen LogP contribution in [0.2, 0.25) is 0 Å². The lowest BCUT2D eigenvalue weighted by molar-refractivity contribution is -0.117. The molecule has 29 heavy (non-hydrogen) atoms. The van der Waals surface area contributed by atoms with Gasteiger partial charge in [-0.05, 0) is 40.9 Å². The number of rotatable bonds is 7. The molecule has 0 unspecified atom stereocenters. The monoisotopic (exact) mass is 457 g/mol. The van der Waals surface area contributed by atoms with Gasteiger partial charge in [0.05, 0.1) is 23.9 Å². The Kier molecular flexibility index (Phi) is 5.57.